The van der Waals surface area contributed by atoms with Gasteiger partial charge in [-0.3, -0.25) is 0 Å². The second kappa shape index (κ2) is 6.43. The Morgan fingerprint density at radius 2 is 1.95 bits per heavy atom. The van der Waals surface area contributed by atoms with Gasteiger partial charge in [0.1, 0.15) is 12.4 Å². The van der Waals surface area contributed by atoms with Gasteiger partial charge in [0.25, 0.3) is 0 Å². The average molecular weight is 335 g/mol. The van der Waals surface area contributed by atoms with Crippen LogP contribution >= 0.6 is 15.9 Å². The molecule has 0 aliphatic heterocycles. The summed E-state index contributed by atoms with van der Waals surface area (Å²) in [6.45, 7) is 2.42. The monoisotopic (exact) mass is 334 g/mol. The van der Waals surface area contributed by atoms with Gasteiger partial charge in [-0.15, -0.1) is 0 Å². The minimum Gasteiger partial charge on any atom is -0.489 e. The normalized spacial score (nSPS) is 11.4. The zero-order valence-electron chi connectivity index (χ0n) is 11.0. The minimum atomic E-state index is 0.0680. The Morgan fingerprint density at radius 3 is 2.60 bits per heavy atom. The number of nitrogens with zero attached hydrogens (tertiary/aromatic N) is 1. The van der Waals surface area contributed by atoms with Gasteiger partial charge in [0.05, 0.1) is 0 Å². The molecular weight excluding hydrogens is 320 g/mol. The van der Waals surface area contributed by atoms with Crippen LogP contribution in [0, 0.1) is 6.92 Å². The third-order valence-corrected chi connectivity index (χ3v) is 3.43. The lowest BCUT2D eigenvalue weighted by Gasteiger charge is -2.11. The number of benzene rings is 2. The fourth-order valence-corrected chi connectivity index (χ4v) is 1.98. The third kappa shape index (κ3) is 3.51. The lowest BCUT2D eigenvalue weighted by molar-refractivity contribution is 0.304. The van der Waals surface area contributed by atoms with Crippen LogP contribution in [0.25, 0.3) is 0 Å². The molecule has 3 N–H and O–H groups in total. The Bertz CT molecular complexity index is 624. The SMILES string of the molecule is Cc1ccc(/C(N)=N/O)cc1OCc1ccc(Br)cc1. The Labute approximate surface area is 126 Å². The maximum atomic E-state index is 8.70. The molecule has 0 heterocycles. The highest BCUT2D eigenvalue weighted by atomic mass is 79.9. The molecule has 2 aromatic carbocycles. The first kappa shape index (κ1) is 14.4. The maximum Gasteiger partial charge on any atom is 0.170 e. The number of oxime groups is 1. The number of hydrogen-bond donors (Lipinski definition) is 2. The van der Waals surface area contributed by atoms with Crippen LogP contribution in [0.2, 0.25) is 0 Å². The molecule has 0 aliphatic carbocycles. The van der Waals surface area contributed by atoms with E-state index in [9.17, 15) is 0 Å². The van der Waals surface area contributed by atoms with E-state index in [1.807, 2.05) is 37.3 Å². The standard InChI is InChI=1S/C15H15BrN2O2/c1-10-2-5-12(15(17)18-19)8-14(10)20-9-11-3-6-13(16)7-4-11/h2-8,19H,9H2,1H3,(H2,17,18). The molecule has 0 amide bonds. The van der Waals surface area contributed by atoms with E-state index in [1.165, 1.54) is 0 Å². The van der Waals surface area contributed by atoms with Gasteiger partial charge in [-0.05, 0) is 36.2 Å². The molecule has 20 heavy (non-hydrogen) atoms. The second-order valence-electron chi connectivity index (χ2n) is 4.38. The van der Waals surface area contributed by atoms with Gasteiger partial charge in [0.15, 0.2) is 5.84 Å². The van der Waals surface area contributed by atoms with Gasteiger partial charge in [0.2, 0.25) is 0 Å². The first-order valence-electron chi connectivity index (χ1n) is 6.06. The molecule has 0 unspecified atom stereocenters. The summed E-state index contributed by atoms with van der Waals surface area (Å²) in [5, 5.41) is 11.7. The first-order chi connectivity index (χ1) is 9.60. The van der Waals surface area contributed by atoms with Gasteiger partial charge in [-0.2, -0.15) is 0 Å². The molecule has 2 aromatic rings. The molecule has 0 aromatic heterocycles. The average Bonchev–Trinajstić information content (AvgIpc) is 2.47. The van der Waals surface area contributed by atoms with Gasteiger partial charge in [0, 0.05) is 10.0 Å². The summed E-state index contributed by atoms with van der Waals surface area (Å²) in [6.07, 6.45) is 0. The van der Waals surface area contributed by atoms with Crippen LogP contribution in [0.4, 0.5) is 0 Å². The van der Waals surface area contributed by atoms with E-state index in [-0.39, 0.29) is 5.84 Å². The van der Waals surface area contributed by atoms with Crippen LogP contribution in [0.1, 0.15) is 16.7 Å². The van der Waals surface area contributed by atoms with Crippen LogP contribution in [-0.4, -0.2) is 11.0 Å². The number of ether oxygens (including phenoxy) is 1. The van der Waals surface area contributed by atoms with Crippen molar-refractivity contribution in [3.8, 4) is 5.75 Å². The van der Waals surface area contributed by atoms with Crippen LogP contribution in [-0.2, 0) is 6.61 Å². The number of rotatable bonds is 4. The molecular formula is C15H15BrN2O2. The summed E-state index contributed by atoms with van der Waals surface area (Å²) in [5.41, 5.74) is 8.27. The number of amidine groups is 1. The van der Waals surface area contributed by atoms with E-state index < -0.39 is 0 Å². The second-order valence-corrected chi connectivity index (χ2v) is 5.30. The molecule has 0 aliphatic rings. The first-order valence-corrected chi connectivity index (χ1v) is 6.85. The number of nitrogens with two attached hydrogens (primary N) is 1. The molecule has 0 fully saturated rings. The molecule has 0 bridgehead atoms. The van der Waals surface area contributed by atoms with Crippen molar-refractivity contribution in [3.05, 3.63) is 63.6 Å². The molecule has 0 atom stereocenters. The molecule has 5 heteroatoms. The van der Waals surface area contributed by atoms with Crippen molar-refractivity contribution in [2.45, 2.75) is 13.5 Å². The Hall–Kier alpha value is -2.01. The fourth-order valence-electron chi connectivity index (χ4n) is 1.71. The largest absolute Gasteiger partial charge is 0.489 e. The van der Waals surface area contributed by atoms with E-state index in [4.69, 9.17) is 15.7 Å². The Kier molecular flexibility index (Phi) is 4.63. The highest BCUT2D eigenvalue weighted by Gasteiger charge is 2.05. The predicted molar refractivity (Wildman–Crippen MR) is 82.2 cm³/mol. The van der Waals surface area contributed by atoms with Crippen LogP contribution in [0.5, 0.6) is 5.75 Å². The van der Waals surface area contributed by atoms with Crippen LogP contribution in [0.15, 0.2) is 52.1 Å². The smallest absolute Gasteiger partial charge is 0.170 e. The number of aryl methyl sites for hydroxylation is 1. The highest BCUT2D eigenvalue weighted by Crippen LogP contribution is 2.21. The number of hydrogen-bond acceptors (Lipinski definition) is 3. The van der Waals surface area contributed by atoms with Crippen molar-refractivity contribution in [1.29, 1.82) is 0 Å². The van der Waals surface area contributed by atoms with Crippen LogP contribution < -0.4 is 10.5 Å². The highest BCUT2D eigenvalue weighted by molar-refractivity contribution is 9.10. The third-order valence-electron chi connectivity index (χ3n) is 2.90. The Balaban J connectivity index is 2.14. The maximum absolute atomic E-state index is 8.70. The predicted octanol–water partition coefficient (Wildman–Crippen LogP) is 3.43. The molecule has 104 valence electrons. The summed E-state index contributed by atoms with van der Waals surface area (Å²) in [4.78, 5) is 0. The summed E-state index contributed by atoms with van der Waals surface area (Å²) in [5.74, 6) is 0.788. The summed E-state index contributed by atoms with van der Waals surface area (Å²) < 4.78 is 6.82. The molecule has 0 saturated heterocycles. The lowest BCUT2D eigenvalue weighted by atomic mass is 10.1. The molecule has 2 rings (SSSR count). The van der Waals surface area contributed by atoms with Gasteiger partial charge < -0.3 is 15.7 Å². The van der Waals surface area contributed by atoms with Crippen LogP contribution in [0.3, 0.4) is 0 Å². The van der Waals surface area contributed by atoms with E-state index in [0.29, 0.717) is 12.2 Å². The summed E-state index contributed by atoms with van der Waals surface area (Å²) in [7, 11) is 0. The molecule has 0 saturated carbocycles. The van der Waals surface area contributed by atoms with Gasteiger partial charge >= 0.3 is 0 Å². The van der Waals surface area contributed by atoms with Crippen molar-refractivity contribution in [1.82, 2.24) is 0 Å². The van der Waals surface area contributed by atoms with Gasteiger partial charge in [-0.25, -0.2) is 0 Å². The molecule has 0 radical (unpaired) electrons. The van der Waals surface area contributed by atoms with Crippen molar-refractivity contribution in [2.75, 3.05) is 0 Å². The van der Waals surface area contributed by atoms with E-state index in [2.05, 4.69) is 21.1 Å². The molecule has 0 spiro atoms. The number of halogens is 1. The quantitative estimate of drug-likeness (QED) is 0.389. The fraction of sp³-hybridized carbons (Fsp3) is 0.133. The van der Waals surface area contributed by atoms with Crippen molar-refractivity contribution >= 4 is 21.8 Å². The zero-order chi connectivity index (χ0) is 14.5. The molecule has 4 nitrogen and oxygen atoms in total. The van der Waals surface area contributed by atoms with Crippen molar-refractivity contribution < 1.29 is 9.94 Å². The topological polar surface area (TPSA) is 67.8 Å². The van der Waals surface area contributed by atoms with E-state index >= 15 is 0 Å². The summed E-state index contributed by atoms with van der Waals surface area (Å²) in [6, 6.07) is 13.4. The minimum absolute atomic E-state index is 0.0680. The summed E-state index contributed by atoms with van der Waals surface area (Å²) >= 11 is 3.39. The lowest BCUT2D eigenvalue weighted by Crippen LogP contribution is -2.13. The Morgan fingerprint density at radius 1 is 1.25 bits per heavy atom. The van der Waals surface area contributed by atoms with Crippen molar-refractivity contribution in [2.24, 2.45) is 10.9 Å². The van der Waals surface area contributed by atoms with Crippen molar-refractivity contribution in [3.63, 3.8) is 0 Å². The van der Waals surface area contributed by atoms with E-state index in [0.717, 1.165) is 21.3 Å². The van der Waals surface area contributed by atoms with Gasteiger partial charge in [-0.1, -0.05) is 45.4 Å². The zero-order valence-corrected chi connectivity index (χ0v) is 12.6. The van der Waals surface area contributed by atoms with E-state index in [1.54, 1.807) is 12.1 Å².